The molecule has 0 unspecified atom stereocenters. The summed E-state index contributed by atoms with van der Waals surface area (Å²) in [6.07, 6.45) is 4.38. The summed E-state index contributed by atoms with van der Waals surface area (Å²) in [4.78, 5) is 19.1. The quantitative estimate of drug-likeness (QED) is 0.651. The molecule has 0 spiro atoms. The molecule has 0 atom stereocenters. The number of likely N-dealkylation sites (tertiary alicyclic amines) is 1. The van der Waals surface area contributed by atoms with Crippen molar-refractivity contribution in [3.05, 3.63) is 39.6 Å². The second-order valence-electron chi connectivity index (χ2n) is 8.19. The number of rotatable bonds is 7. The van der Waals surface area contributed by atoms with Gasteiger partial charge in [-0.25, -0.2) is 0 Å². The van der Waals surface area contributed by atoms with Crippen molar-refractivity contribution in [2.45, 2.75) is 44.7 Å². The van der Waals surface area contributed by atoms with Gasteiger partial charge < -0.3 is 19.1 Å². The lowest BCUT2D eigenvalue weighted by Crippen LogP contribution is -2.47. The third kappa shape index (κ3) is 4.67. The molecule has 7 heteroatoms. The number of carbonyl (C=O) groups excluding carboxylic acids is 1. The van der Waals surface area contributed by atoms with Crippen molar-refractivity contribution >= 4 is 17.2 Å². The van der Waals surface area contributed by atoms with Gasteiger partial charge in [0.05, 0.1) is 21.3 Å². The molecule has 6 nitrogen and oxygen atoms in total. The highest BCUT2D eigenvalue weighted by atomic mass is 32.1. The highest BCUT2D eigenvalue weighted by Gasteiger charge is 2.29. The Hall–Kier alpha value is -2.25. The number of thiophene rings is 1. The highest BCUT2D eigenvalue weighted by molar-refractivity contribution is 7.10. The van der Waals surface area contributed by atoms with Crippen LogP contribution in [0, 0.1) is 0 Å². The van der Waals surface area contributed by atoms with E-state index < -0.39 is 0 Å². The Bertz CT molecular complexity index is 905. The number of hydrogen-bond acceptors (Lipinski definition) is 6. The number of methoxy groups -OCH3 is 3. The first kappa shape index (κ1) is 22.0. The first-order valence-electron chi connectivity index (χ1n) is 11.0. The molecular weight excluding hydrogens is 412 g/mol. The number of amides is 1. The predicted octanol–water partition coefficient (Wildman–Crippen LogP) is 3.76. The Morgan fingerprint density at radius 1 is 1.03 bits per heavy atom. The minimum Gasteiger partial charge on any atom is -0.493 e. The van der Waals surface area contributed by atoms with Crippen LogP contribution in [0.25, 0.3) is 0 Å². The minimum absolute atomic E-state index is 0.217. The molecule has 1 aromatic heterocycles. The van der Waals surface area contributed by atoms with Gasteiger partial charge in [-0.1, -0.05) is 6.07 Å². The smallest absolute Gasteiger partial charge is 0.222 e. The summed E-state index contributed by atoms with van der Waals surface area (Å²) in [5, 5.41) is 2.21. The zero-order chi connectivity index (χ0) is 21.8. The largest absolute Gasteiger partial charge is 0.493 e. The zero-order valence-corrected chi connectivity index (χ0v) is 19.5. The molecule has 0 radical (unpaired) electrons. The molecule has 1 fully saturated rings. The number of nitrogens with zero attached hydrogens (tertiary/aromatic N) is 2. The van der Waals surface area contributed by atoms with Crippen LogP contribution in [-0.4, -0.2) is 62.7 Å². The maximum Gasteiger partial charge on any atom is 0.222 e. The highest BCUT2D eigenvalue weighted by Crippen LogP contribution is 2.40. The van der Waals surface area contributed by atoms with Crippen LogP contribution in [0.2, 0.25) is 0 Å². The van der Waals surface area contributed by atoms with E-state index in [9.17, 15) is 4.79 Å². The molecule has 2 aliphatic rings. The van der Waals surface area contributed by atoms with Crippen molar-refractivity contribution < 1.29 is 19.0 Å². The van der Waals surface area contributed by atoms with Crippen molar-refractivity contribution in [2.24, 2.45) is 0 Å². The van der Waals surface area contributed by atoms with Gasteiger partial charge in [-0.15, -0.1) is 11.3 Å². The number of carbonyl (C=O) groups is 1. The summed E-state index contributed by atoms with van der Waals surface area (Å²) < 4.78 is 16.4. The van der Waals surface area contributed by atoms with Crippen LogP contribution >= 0.6 is 11.3 Å². The third-order valence-corrected chi connectivity index (χ3v) is 7.59. The minimum atomic E-state index is 0.217. The Morgan fingerprint density at radius 3 is 2.52 bits per heavy atom. The topological polar surface area (TPSA) is 51.2 Å². The molecule has 0 saturated carbocycles. The SMILES string of the molecule is COc1ccc(CCC(=O)N2CCC(N3CCc4sccc4C3)CC2)c(OC)c1OC. The normalized spacial score (nSPS) is 17.3. The van der Waals surface area contributed by atoms with Gasteiger partial charge in [0, 0.05) is 43.5 Å². The summed E-state index contributed by atoms with van der Waals surface area (Å²) in [5.41, 5.74) is 2.46. The van der Waals surface area contributed by atoms with E-state index in [1.54, 1.807) is 26.2 Å². The van der Waals surface area contributed by atoms with Gasteiger partial charge in [0.25, 0.3) is 0 Å². The average molecular weight is 445 g/mol. The van der Waals surface area contributed by atoms with Gasteiger partial charge in [0.1, 0.15) is 0 Å². The number of benzene rings is 1. The maximum absolute atomic E-state index is 12.9. The summed E-state index contributed by atoms with van der Waals surface area (Å²) in [5.74, 6) is 2.06. The molecular formula is C24H32N2O4S. The number of piperidine rings is 1. The number of hydrogen-bond donors (Lipinski definition) is 0. The first-order chi connectivity index (χ1) is 15.1. The molecule has 168 valence electrons. The van der Waals surface area contributed by atoms with Gasteiger partial charge in [-0.3, -0.25) is 9.69 Å². The first-order valence-corrected chi connectivity index (χ1v) is 11.9. The summed E-state index contributed by atoms with van der Waals surface area (Å²) in [6.45, 7) is 3.90. The maximum atomic E-state index is 12.9. The molecule has 2 aromatic rings. The van der Waals surface area contributed by atoms with Gasteiger partial charge in [0.2, 0.25) is 11.7 Å². The monoisotopic (exact) mass is 444 g/mol. The van der Waals surface area contributed by atoms with Gasteiger partial charge in [-0.05, 0) is 54.3 Å². The zero-order valence-electron chi connectivity index (χ0n) is 18.7. The Kier molecular flexibility index (Phi) is 7.02. The molecule has 1 aromatic carbocycles. The van der Waals surface area contributed by atoms with Crippen molar-refractivity contribution in [2.75, 3.05) is 41.0 Å². The van der Waals surface area contributed by atoms with Gasteiger partial charge in [-0.2, -0.15) is 0 Å². The number of fused-ring (bicyclic) bond motifs is 1. The summed E-state index contributed by atoms with van der Waals surface area (Å²) in [7, 11) is 4.82. The van der Waals surface area contributed by atoms with Crippen molar-refractivity contribution in [1.82, 2.24) is 9.80 Å². The van der Waals surface area contributed by atoms with E-state index in [-0.39, 0.29) is 5.91 Å². The molecule has 1 amide bonds. The average Bonchev–Trinajstić information content (AvgIpc) is 3.29. The Morgan fingerprint density at radius 2 is 1.81 bits per heavy atom. The van der Waals surface area contributed by atoms with E-state index in [2.05, 4.69) is 16.3 Å². The summed E-state index contributed by atoms with van der Waals surface area (Å²) >= 11 is 1.89. The van der Waals surface area contributed by atoms with Crippen LogP contribution in [0.5, 0.6) is 17.2 Å². The lowest BCUT2D eigenvalue weighted by Gasteiger charge is -2.40. The summed E-state index contributed by atoms with van der Waals surface area (Å²) in [6, 6.07) is 6.68. The second kappa shape index (κ2) is 9.92. The van der Waals surface area contributed by atoms with Crippen LogP contribution in [-0.2, 0) is 24.2 Å². The van der Waals surface area contributed by atoms with Crippen molar-refractivity contribution in [3.8, 4) is 17.2 Å². The van der Waals surface area contributed by atoms with E-state index in [4.69, 9.17) is 14.2 Å². The van der Waals surface area contributed by atoms with E-state index >= 15 is 0 Å². The van der Waals surface area contributed by atoms with Crippen LogP contribution in [0.3, 0.4) is 0 Å². The van der Waals surface area contributed by atoms with Gasteiger partial charge >= 0.3 is 0 Å². The lowest BCUT2D eigenvalue weighted by atomic mass is 9.99. The van der Waals surface area contributed by atoms with Crippen LogP contribution in [0.15, 0.2) is 23.6 Å². The van der Waals surface area contributed by atoms with E-state index in [1.807, 2.05) is 28.4 Å². The predicted molar refractivity (Wildman–Crippen MR) is 122 cm³/mol. The van der Waals surface area contributed by atoms with Gasteiger partial charge in [0.15, 0.2) is 11.5 Å². The molecule has 2 aliphatic heterocycles. The van der Waals surface area contributed by atoms with Crippen molar-refractivity contribution in [3.63, 3.8) is 0 Å². The molecule has 31 heavy (non-hydrogen) atoms. The van der Waals surface area contributed by atoms with Crippen molar-refractivity contribution in [1.29, 1.82) is 0 Å². The second-order valence-corrected chi connectivity index (χ2v) is 9.20. The Labute approximate surface area is 188 Å². The molecule has 1 saturated heterocycles. The van der Waals surface area contributed by atoms with Crippen LogP contribution in [0.4, 0.5) is 0 Å². The fourth-order valence-electron chi connectivity index (χ4n) is 4.82. The molecule has 0 bridgehead atoms. The van der Waals surface area contributed by atoms with E-state index in [0.717, 1.165) is 44.6 Å². The third-order valence-electron chi connectivity index (χ3n) is 6.56. The fourth-order valence-corrected chi connectivity index (χ4v) is 5.71. The standard InChI is InChI=1S/C24H32N2O4S/c1-28-20-6-4-17(23(29-2)24(20)30-3)5-7-22(27)25-12-8-19(9-13-25)26-14-10-21-18(16-26)11-15-31-21/h4,6,11,15,19H,5,7-10,12-14,16H2,1-3H3. The van der Waals surface area contributed by atoms with Crippen LogP contribution < -0.4 is 14.2 Å². The molecule has 4 rings (SSSR count). The van der Waals surface area contributed by atoms with E-state index in [1.165, 1.54) is 12.0 Å². The van der Waals surface area contributed by atoms with Crippen LogP contribution in [0.1, 0.15) is 35.3 Å². The van der Waals surface area contributed by atoms with E-state index in [0.29, 0.717) is 36.1 Å². The molecule has 0 aliphatic carbocycles. The lowest BCUT2D eigenvalue weighted by molar-refractivity contribution is -0.132. The number of aryl methyl sites for hydroxylation is 1. The fraction of sp³-hybridized carbons (Fsp3) is 0.542. The molecule has 3 heterocycles. The number of ether oxygens (including phenoxy) is 3. The molecule has 0 N–H and O–H groups in total. The Balaban J connectivity index is 1.30.